The number of esters is 1. The van der Waals surface area contributed by atoms with Crippen molar-refractivity contribution in [2.24, 2.45) is 0 Å². The Morgan fingerprint density at radius 3 is 2.71 bits per heavy atom. The Morgan fingerprint density at radius 2 is 2.14 bits per heavy atom. The van der Waals surface area contributed by atoms with Gasteiger partial charge in [0, 0.05) is 10.2 Å². The van der Waals surface area contributed by atoms with Crippen LogP contribution in [0.25, 0.3) is 0 Å². The summed E-state index contributed by atoms with van der Waals surface area (Å²) in [5.41, 5.74) is 1.42. The molecule has 0 aliphatic rings. The van der Waals surface area contributed by atoms with Crippen molar-refractivity contribution in [3.63, 3.8) is 0 Å². The first kappa shape index (κ1) is 15.6. The van der Waals surface area contributed by atoms with Gasteiger partial charge < -0.3 is 14.5 Å². The largest absolute Gasteiger partial charge is 0.464 e. The molecule has 1 aromatic carbocycles. The lowest BCUT2D eigenvalue weighted by atomic mass is 10.2. The van der Waals surface area contributed by atoms with Gasteiger partial charge in [-0.05, 0) is 67.0 Å². The van der Waals surface area contributed by atoms with Gasteiger partial charge in [0.15, 0.2) is 0 Å². The van der Waals surface area contributed by atoms with Crippen LogP contribution in [0.2, 0.25) is 0 Å². The maximum absolute atomic E-state index is 11.7. The van der Waals surface area contributed by atoms with E-state index in [4.69, 9.17) is 9.15 Å². The first-order valence-electron chi connectivity index (χ1n) is 6.80. The first-order valence-corrected chi connectivity index (χ1v) is 7.60. The number of benzene rings is 1. The monoisotopic (exact) mass is 351 g/mol. The van der Waals surface area contributed by atoms with E-state index >= 15 is 0 Å². The highest BCUT2D eigenvalue weighted by Gasteiger charge is 2.13. The van der Waals surface area contributed by atoms with Gasteiger partial charge in [-0.15, -0.1) is 0 Å². The van der Waals surface area contributed by atoms with Crippen molar-refractivity contribution >= 4 is 27.6 Å². The number of rotatable bonds is 5. The van der Waals surface area contributed by atoms with Gasteiger partial charge >= 0.3 is 5.97 Å². The van der Waals surface area contributed by atoms with Crippen LogP contribution in [0, 0.1) is 6.92 Å². The number of aryl methyl sites for hydroxylation is 1. The van der Waals surface area contributed by atoms with Crippen LogP contribution in [0.1, 0.15) is 41.8 Å². The molecular formula is C16H18BrNO3. The lowest BCUT2D eigenvalue weighted by Gasteiger charge is -2.15. The second kappa shape index (κ2) is 6.80. The molecule has 4 nitrogen and oxygen atoms in total. The van der Waals surface area contributed by atoms with Crippen LogP contribution in [-0.2, 0) is 4.74 Å². The fourth-order valence-electron chi connectivity index (χ4n) is 1.96. The van der Waals surface area contributed by atoms with Crippen LogP contribution in [0.4, 0.5) is 5.69 Å². The number of anilines is 1. The first-order chi connectivity index (χ1) is 10.0. The zero-order valence-electron chi connectivity index (χ0n) is 12.3. The molecule has 1 aromatic heterocycles. The van der Waals surface area contributed by atoms with Crippen molar-refractivity contribution in [3.8, 4) is 0 Å². The molecular weight excluding hydrogens is 334 g/mol. The van der Waals surface area contributed by atoms with Crippen LogP contribution in [-0.4, -0.2) is 12.6 Å². The molecule has 0 radical (unpaired) electrons. The number of hydrogen-bond acceptors (Lipinski definition) is 4. The SMILES string of the molecule is CCOC(=O)c1ccc(NC(C)c2ccc(C)o2)c(Br)c1. The second-order valence-electron chi connectivity index (χ2n) is 4.73. The topological polar surface area (TPSA) is 51.5 Å². The van der Waals surface area contributed by atoms with Crippen molar-refractivity contribution in [1.29, 1.82) is 0 Å². The predicted molar refractivity (Wildman–Crippen MR) is 85.6 cm³/mol. The Bertz CT molecular complexity index is 636. The maximum atomic E-state index is 11.7. The number of hydrogen-bond donors (Lipinski definition) is 1. The average Bonchev–Trinajstić information content (AvgIpc) is 2.88. The molecule has 0 amide bonds. The molecule has 0 saturated carbocycles. The van der Waals surface area contributed by atoms with Crippen molar-refractivity contribution in [2.75, 3.05) is 11.9 Å². The molecule has 21 heavy (non-hydrogen) atoms. The van der Waals surface area contributed by atoms with Crippen LogP contribution < -0.4 is 5.32 Å². The Kier molecular flexibility index (Phi) is 5.07. The van der Waals surface area contributed by atoms with Gasteiger partial charge in [0.2, 0.25) is 0 Å². The number of carbonyl (C=O) groups excluding carboxylic acids is 1. The molecule has 0 spiro atoms. The highest BCUT2D eigenvalue weighted by molar-refractivity contribution is 9.10. The minimum absolute atomic E-state index is 0.0310. The highest BCUT2D eigenvalue weighted by Crippen LogP contribution is 2.28. The normalized spacial score (nSPS) is 12.0. The van der Waals surface area contributed by atoms with Gasteiger partial charge in [0.1, 0.15) is 11.5 Å². The lowest BCUT2D eigenvalue weighted by Crippen LogP contribution is -2.08. The van der Waals surface area contributed by atoms with Crippen LogP contribution >= 0.6 is 15.9 Å². The molecule has 2 rings (SSSR count). The molecule has 1 unspecified atom stereocenters. The Balaban J connectivity index is 2.12. The summed E-state index contributed by atoms with van der Waals surface area (Å²) in [6, 6.07) is 9.26. The Labute approximate surface area is 132 Å². The summed E-state index contributed by atoms with van der Waals surface area (Å²) in [4.78, 5) is 11.7. The summed E-state index contributed by atoms with van der Waals surface area (Å²) in [6.07, 6.45) is 0. The summed E-state index contributed by atoms with van der Waals surface area (Å²) in [5.74, 6) is 1.43. The molecule has 0 aliphatic carbocycles. The molecule has 2 aromatic rings. The molecule has 0 saturated heterocycles. The third-order valence-corrected chi connectivity index (χ3v) is 3.70. The molecule has 5 heteroatoms. The number of furan rings is 1. The molecule has 112 valence electrons. The number of ether oxygens (including phenoxy) is 1. The zero-order chi connectivity index (χ0) is 15.4. The standard InChI is InChI=1S/C16H18BrNO3/c1-4-20-16(19)12-6-7-14(13(17)9-12)18-11(3)15-8-5-10(2)21-15/h5-9,11,18H,4H2,1-3H3. The minimum Gasteiger partial charge on any atom is -0.464 e. The third-order valence-electron chi connectivity index (χ3n) is 3.04. The van der Waals surface area contributed by atoms with Crippen LogP contribution in [0.5, 0.6) is 0 Å². The number of halogens is 1. The predicted octanol–water partition coefficient (Wildman–Crippen LogP) is 4.70. The van der Waals surface area contributed by atoms with E-state index in [0.717, 1.165) is 21.7 Å². The van der Waals surface area contributed by atoms with Crippen molar-refractivity contribution < 1.29 is 13.9 Å². The lowest BCUT2D eigenvalue weighted by molar-refractivity contribution is 0.0526. The van der Waals surface area contributed by atoms with E-state index < -0.39 is 0 Å². The van der Waals surface area contributed by atoms with E-state index in [1.807, 2.05) is 32.0 Å². The van der Waals surface area contributed by atoms with E-state index in [0.29, 0.717) is 12.2 Å². The average molecular weight is 352 g/mol. The maximum Gasteiger partial charge on any atom is 0.338 e. The summed E-state index contributed by atoms with van der Waals surface area (Å²) >= 11 is 3.47. The molecule has 1 atom stereocenters. The Hall–Kier alpha value is -1.75. The van der Waals surface area contributed by atoms with E-state index in [2.05, 4.69) is 21.2 Å². The Morgan fingerprint density at radius 1 is 1.38 bits per heavy atom. The number of nitrogens with one attached hydrogen (secondary N) is 1. The van der Waals surface area contributed by atoms with Crippen molar-refractivity contribution in [3.05, 3.63) is 51.9 Å². The zero-order valence-corrected chi connectivity index (χ0v) is 13.9. The van der Waals surface area contributed by atoms with Gasteiger partial charge in [-0.25, -0.2) is 4.79 Å². The van der Waals surface area contributed by atoms with Gasteiger partial charge in [0.05, 0.1) is 18.2 Å². The van der Waals surface area contributed by atoms with Crippen molar-refractivity contribution in [2.45, 2.75) is 26.8 Å². The second-order valence-corrected chi connectivity index (χ2v) is 5.58. The van der Waals surface area contributed by atoms with Gasteiger partial charge in [-0.3, -0.25) is 0 Å². The van der Waals surface area contributed by atoms with Crippen LogP contribution in [0.3, 0.4) is 0 Å². The molecule has 0 fully saturated rings. The van der Waals surface area contributed by atoms with E-state index in [-0.39, 0.29) is 12.0 Å². The van der Waals surface area contributed by atoms with Gasteiger partial charge in [-0.1, -0.05) is 0 Å². The van der Waals surface area contributed by atoms with Crippen molar-refractivity contribution in [1.82, 2.24) is 0 Å². The molecule has 0 aliphatic heterocycles. The van der Waals surface area contributed by atoms with E-state index in [1.54, 1.807) is 19.1 Å². The third kappa shape index (κ3) is 3.88. The molecule has 1 N–H and O–H groups in total. The fourth-order valence-corrected chi connectivity index (χ4v) is 2.46. The highest BCUT2D eigenvalue weighted by atomic mass is 79.9. The quantitative estimate of drug-likeness (QED) is 0.793. The minimum atomic E-state index is -0.320. The summed E-state index contributed by atoms with van der Waals surface area (Å²) < 4.78 is 11.4. The summed E-state index contributed by atoms with van der Waals surface area (Å²) in [5, 5.41) is 3.35. The van der Waals surface area contributed by atoms with E-state index in [9.17, 15) is 4.79 Å². The summed E-state index contributed by atoms with van der Waals surface area (Å²) in [6.45, 7) is 6.09. The smallest absolute Gasteiger partial charge is 0.338 e. The van der Waals surface area contributed by atoms with Gasteiger partial charge in [-0.2, -0.15) is 0 Å². The molecule has 1 heterocycles. The fraction of sp³-hybridized carbons (Fsp3) is 0.312. The van der Waals surface area contributed by atoms with Gasteiger partial charge in [0.25, 0.3) is 0 Å². The molecule has 0 bridgehead atoms. The van der Waals surface area contributed by atoms with Crippen LogP contribution in [0.15, 0.2) is 39.2 Å². The summed E-state index contributed by atoms with van der Waals surface area (Å²) in [7, 11) is 0. The van der Waals surface area contributed by atoms with E-state index in [1.165, 1.54) is 0 Å². The number of carbonyl (C=O) groups is 1.